The van der Waals surface area contributed by atoms with Gasteiger partial charge >= 0.3 is 0 Å². The molecular formula is C20H22N2O4. The molecule has 0 aliphatic carbocycles. The second-order valence-electron chi connectivity index (χ2n) is 6.66. The number of ether oxygens (including phenoxy) is 1. The molecule has 136 valence electrons. The van der Waals surface area contributed by atoms with Gasteiger partial charge in [0, 0.05) is 24.2 Å². The van der Waals surface area contributed by atoms with Crippen molar-refractivity contribution in [2.45, 2.75) is 27.3 Å². The fourth-order valence-corrected chi connectivity index (χ4v) is 2.81. The number of nitrogens with one attached hydrogen (secondary N) is 1. The minimum Gasteiger partial charge on any atom is -0.477 e. The topological polar surface area (TPSA) is 73.5 Å². The Morgan fingerprint density at radius 2 is 2.12 bits per heavy atom. The normalized spacial score (nSPS) is 11.1. The van der Waals surface area contributed by atoms with Gasteiger partial charge in [0.05, 0.1) is 11.2 Å². The summed E-state index contributed by atoms with van der Waals surface area (Å²) in [5, 5.41) is 3.81. The molecule has 1 amide bonds. The number of carbonyl (C=O) groups is 1. The van der Waals surface area contributed by atoms with E-state index in [1.54, 1.807) is 6.92 Å². The maximum Gasteiger partial charge on any atom is 0.262 e. The number of carbonyl (C=O) groups excluding carboxylic acids is 1. The second-order valence-corrected chi connectivity index (χ2v) is 6.66. The molecule has 3 rings (SSSR count). The summed E-state index contributed by atoms with van der Waals surface area (Å²) in [6.45, 7) is 6.64. The Hall–Kier alpha value is -3.02. The van der Waals surface area contributed by atoms with Crippen molar-refractivity contribution < 1.29 is 13.9 Å². The van der Waals surface area contributed by atoms with Crippen molar-refractivity contribution in [3.8, 4) is 5.75 Å². The van der Waals surface area contributed by atoms with Crippen LogP contribution in [0.3, 0.4) is 0 Å². The fourth-order valence-electron chi connectivity index (χ4n) is 2.81. The highest BCUT2D eigenvalue weighted by molar-refractivity contribution is 6.02. The number of amides is 1. The standard InChI is InChI=1S/C20H22N2O4/c1-13(2)10-22-8-7-15-16(5-4-6-17(15)22)21-20(24)12-26-19-11-25-14(3)9-18(19)23/h4-9,11,13H,10,12H2,1-3H3,(H,21,24). The van der Waals surface area contributed by atoms with E-state index >= 15 is 0 Å². The molecule has 0 fully saturated rings. The smallest absolute Gasteiger partial charge is 0.262 e. The number of aromatic nitrogens is 1. The van der Waals surface area contributed by atoms with Crippen LogP contribution in [-0.2, 0) is 11.3 Å². The van der Waals surface area contributed by atoms with E-state index in [9.17, 15) is 9.59 Å². The number of hydrogen-bond donors (Lipinski definition) is 1. The van der Waals surface area contributed by atoms with Gasteiger partial charge < -0.3 is 19.0 Å². The third-order valence-corrected chi connectivity index (χ3v) is 3.94. The SMILES string of the molecule is Cc1cc(=O)c(OCC(=O)Nc2cccc3c2ccn3CC(C)C)co1. The van der Waals surface area contributed by atoms with E-state index < -0.39 is 0 Å². The molecule has 0 atom stereocenters. The molecule has 0 aliphatic rings. The molecule has 6 nitrogen and oxygen atoms in total. The summed E-state index contributed by atoms with van der Waals surface area (Å²) in [6, 6.07) is 9.10. The molecule has 0 radical (unpaired) electrons. The van der Waals surface area contributed by atoms with Crippen LogP contribution < -0.4 is 15.5 Å². The van der Waals surface area contributed by atoms with E-state index in [4.69, 9.17) is 9.15 Å². The van der Waals surface area contributed by atoms with Crippen LogP contribution >= 0.6 is 0 Å². The molecule has 0 bridgehead atoms. The molecule has 3 aromatic rings. The van der Waals surface area contributed by atoms with Crippen molar-refractivity contribution in [1.29, 1.82) is 0 Å². The largest absolute Gasteiger partial charge is 0.477 e. The Balaban J connectivity index is 1.71. The molecule has 0 saturated heterocycles. The van der Waals surface area contributed by atoms with Gasteiger partial charge in [0.25, 0.3) is 5.91 Å². The van der Waals surface area contributed by atoms with Gasteiger partial charge in [0.2, 0.25) is 11.2 Å². The van der Waals surface area contributed by atoms with Crippen LogP contribution in [0.2, 0.25) is 0 Å². The van der Waals surface area contributed by atoms with Crippen molar-refractivity contribution >= 4 is 22.5 Å². The molecule has 0 spiro atoms. The van der Waals surface area contributed by atoms with Gasteiger partial charge in [-0.2, -0.15) is 0 Å². The highest BCUT2D eigenvalue weighted by Crippen LogP contribution is 2.25. The summed E-state index contributed by atoms with van der Waals surface area (Å²) in [4.78, 5) is 24.0. The van der Waals surface area contributed by atoms with Crippen molar-refractivity contribution in [1.82, 2.24) is 4.57 Å². The molecule has 0 unspecified atom stereocenters. The first-order chi connectivity index (χ1) is 12.4. The van der Waals surface area contributed by atoms with Gasteiger partial charge in [0.1, 0.15) is 12.0 Å². The summed E-state index contributed by atoms with van der Waals surface area (Å²) in [5.74, 6) is 0.698. The van der Waals surface area contributed by atoms with E-state index in [1.165, 1.54) is 12.3 Å². The number of aryl methyl sites for hydroxylation is 1. The van der Waals surface area contributed by atoms with E-state index in [0.717, 1.165) is 23.1 Å². The summed E-state index contributed by atoms with van der Waals surface area (Å²) in [5.41, 5.74) is 1.47. The maximum absolute atomic E-state index is 12.2. The lowest BCUT2D eigenvalue weighted by molar-refractivity contribution is -0.118. The van der Waals surface area contributed by atoms with Gasteiger partial charge in [-0.25, -0.2) is 0 Å². The lowest BCUT2D eigenvalue weighted by Gasteiger charge is -2.10. The number of benzene rings is 1. The van der Waals surface area contributed by atoms with Crippen LogP contribution in [0.25, 0.3) is 10.9 Å². The van der Waals surface area contributed by atoms with Gasteiger partial charge in [-0.3, -0.25) is 9.59 Å². The Morgan fingerprint density at radius 1 is 1.31 bits per heavy atom. The predicted molar refractivity (Wildman–Crippen MR) is 101 cm³/mol. The molecule has 2 heterocycles. The molecule has 0 saturated carbocycles. The molecule has 1 N–H and O–H groups in total. The van der Waals surface area contributed by atoms with Gasteiger partial charge in [-0.1, -0.05) is 19.9 Å². The van der Waals surface area contributed by atoms with Crippen LogP contribution in [0, 0.1) is 12.8 Å². The third-order valence-electron chi connectivity index (χ3n) is 3.94. The minimum atomic E-state index is -0.339. The zero-order valence-electron chi connectivity index (χ0n) is 15.1. The Labute approximate surface area is 151 Å². The van der Waals surface area contributed by atoms with Gasteiger partial charge in [-0.15, -0.1) is 0 Å². The van der Waals surface area contributed by atoms with Crippen LogP contribution in [0.5, 0.6) is 5.75 Å². The maximum atomic E-state index is 12.2. The number of fused-ring (bicyclic) bond motifs is 1. The molecule has 26 heavy (non-hydrogen) atoms. The molecule has 2 aromatic heterocycles. The molecule has 0 aliphatic heterocycles. The molecule has 1 aromatic carbocycles. The quantitative estimate of drug-likeness (QED) is 0.734. The van der Waals surface area contributed by atoms with Crippen LogP contribution in [0.15, 0.2) is 52.0 Å². The van der Waals surface area contributed by atoms with Crippen LogP contribution in [0.1, 0.15) is 19.6 Å². The average Bonchev–Trinajstić information content (AvgIpc) is 2.97. The van der Waals surface area contributed by atoms with Gasteiger partial charge in [-0.05, 0) is 31.0 Å². The number of rotatable bonds is 6. The first-order valence-corrected chi connectivity index (χ1v) is 8.54. The van der Waals surface area contributed by atoms with Crippen molar-refractivity contribution in [2.75, 3.05) is 11.9 Å². The fraction of sp³-hybridized carbons (Fsp3) is 0.300. The monoisotopic (exact) mass is 354 g/mol. The number of nitrogens with zero attached hydrogens (tertiary/aromatic N) is 1. The highest BCUT2D eigenvalue weighted by Gasteiger charge is 2.11. The third kappa shape index (κ3) is 3.96. The summed E-state index contributed by atoms with van der Waals surface area (Å²) in [7, 11) is 0. The lowest BCUT2D eigenvalue weighted by atomic mass is 10.2. The first-order valence-electron chi connectivity index (χ1n) is 8.54. The van der Waals surface area contributed by atoms with Crippen molar-refractivity contribution in [2.24, 2.45) is 5.92 Å². The lowest BCUT2D eigenvalue weighted by Crippen LogP contribution is -2.22. The van der Waals surface area contributed by atoms with Gasteiger partial charge in [0.15, 0.2) is 6.61 Å². The van der Waals surface area contributed by atoms with E-state index in [2.05, 4.69) is 23.7 Å². The van der Waals surface area contributed by atoms with E-state index in [0.29, 0.717) is 11.7 Å². The average molecular weight is 354 g/mol. The Bertz CT molecular complexity index is 985. The number of anilines is 1. The Kier molecular flexibility index (Phi) is 5.11. The second kappa shape index (κ2) is 7.47. The minimum absolute atomic E-state index is 0.0204. The molecule has 6 heteroatoms. The summed E-state index contributed by atoms with van der Waals surface area (Å²) < 4.78 is 12.6. The number of hydrogen-bond acceptors (Lipinski definition) is 4. The summed E-state index contributed by atoms with van der Waals surface area (Å²) >= 11 is 0. The highest BCUT2D eigenvalue weighted by atomic mass is 16.5. The van der Waals surface area contributed by atoms with E-state index in [1.807, 2.05) is 30.5 Å². The van der Waals surface area contributed by atoms with Crippen LogP contribution in [0.4, 0.5) is 5.69 Å². The molecular weight excluding hydrogens is 332 g/mol. The first kappa shape index (κ1) is 17.8. The van der Waals surface area contributed by atoms with Crippen molar-refractivity contribution in [3.05, 3.63) is 58.8 Å². The summed E-state index contributed by atoms with van der Waals surface area (Å²) in [6.07, 6.45) is 3.24. The van der Waals surface area contributed by atoms with E-state index in [-0.39, 0.29) is 23.7 Å². The van der Waals surface area contributed by atoms with Crippen LogP contribution in [-0.4, -0.2) is 17.1 Å². The van der Waals surface area contributed by atoms with Crippen molar-refractivity contribution in [3.63, 3.8) is 0 Å². The zero-order chi connectivity index (χ0) is 18.7. The Morgan fingerprint density at radius 3 is 2.85 bits per heavy atom. The zero-order valence-corrected chi connectivity index (χ0v) is 15.1. The predicted octanol–water partition coefficient (Wildman–Crippen LogP) is 3.58.